The number of nitrogens with one attached hydrogen (secondary N) is 3. The van der Waals surface area contributed by atoms with Crippen LogP contribution in [-0.2, 0) is 6.54 Å². The molecule has 0 aliphatic rings. The Bertz CT molecular complexity index is 663. The van der Waals surface area contributed by atoms with Crippen LogP contribution in [0, 0.1) is 0 Å². The molecular weight excluding hydrogens is 250 g/mol. The van der Waals surface area contributed by atoms with Crippen LogP contribution >= 0.6 is 0 Å². The van der Waals surface area contributed by atoms with Crippen molar-refractivity contribution in [1.82, 2.24) is 20.5 Å². The van der Waals surface area contributed by atoms with Crippen LogP contribution < -0.4 is 10.6 Å². The van der Waals surface area contributed by atoms with Gasteiger partial charge in [0, 0.05) is 36.9 Å². The molecule has 20 heavy (non-hydrogen) atoms. The highest BCUT2D eigenvalue weighted by atomic mass is 15.1. The number of H-pyrrole nitrogens is 1. The summed E-state index contributed by atoms with van der Waals surface area (Å²) < 4.78 is 0. The lowest BCUT2D eigenvalue weighted by Gasteiger charge is -2.07. The molecule has 0 unspecified atom stereocenters. The summed E-state index contributed by atoms with van der Waals surface area (Å²) in [5.74, 6) is 0.909. The Morgan fingerprint density at radius 3 is 2.85 bits per heavy atom. The largest absolute Gasteiger partial charge is 0.369 e. The first-order chi connectivity index (χ1) is 9.92. The highest BCUT2D eigenvalue weighted by molar-refractivity contribution is 5.79. The van der Waals surface area contributed by atoms with E-state index in [0.717, 1.165) is 42.0 Å². The van der Waals surface area contributed by atoms with Crippen molar-refractivity contribution in [1.29, 1.82) is 0 Å². The van der Waals surface area contributed by atoms with Gasteiger partial charge in [-0.1, -0.05) is 18.2 Å². The van der Waals surface area contributed by atoms with Crippen molar-refractivity contribution in [3.63, 3.8) is 0 Å². The van der Waals surface area contributed by atoms with E-state index in [-0.39, 0.29) is 0 Å². The molecule has 5 nitrogen and oxygen atoms in total. The second kappa shape index (κ2) is 6.16. The number of nitrogens with zero attached hydrogens (tertiary/aromatic N) is 2. The number of aromatic amines is 1. The Morgan fingerprint density at radius 1 is 1.00 bits per heavy atom. The summed E-state index contributed by atoms with van der Waals surface area (Å²) in [6.45, 7) is 2.50. The van der Waals surface area contributed by atoms with Gasteiger partial charge < -0.3 is 10.6 Å². The molecule has 102 valence electrons. The molecule has 0 fully saturated rings. The molecule has 0 saturated heterocycles. The lowest BCUT2D eigenvalue weighted by Crippen LogP contribution is -2.22. The van der Waals surface area contributed by atoms with Gasteiger partial charge in [0.25, 0.3) is 0 Å². The van der Waals surface area contributed by atoms with Gasteiger partial charge in [-0.25, -0.2) is 4.98 Å². The van der Waals surface area contributed by atoms with Crippen molar-refractivity contribution in [2.24, 2.45) is 0 Å². The molecule has 0 atom stereocenters. The number of pyridine rings is 1. The molecule has 0 saturated carbocycles. The van der Waals surface area contributed by atoms with Crippen molar-refractivity contribution in [2.75, 3.05) is 18.4 Å². The second-order valence-corrected chi connectivity index (χ2v) is 4.57. The molecule has 0 aliphatic heterocycles. The lowest BCUT2D eigenvalue weighted by molar-refractivity contribution is 0.690. The van der Waals surface area contributed by atoms with Crippen LogP contribution in [0.1, 0.15) is 5.69 Å². The van der Waals surface area contributed by atoms with Crippen molar-refractivity contribution >= 4 is 16.7 Å². The van der Waals surface area contributed by atoms with E-state index in [1.165, 1.54) is 0 Å². The third kappa shape index (κ3) is 3.13. The fraction of sp³-hybridized carbons (Fsp3) is 0.200. The molecule has 0 spiro atoms. The van der Waals surface area contributed by atoms with Gasteiger partial charge in [-0.15, -0.1) is 0 Å². The number of anilines is 1. The number of hydrogen-bond acceptors (Lipinski definition) is 4. The standard InChI is InChI=1S/C15H17N5/c1-2-4-14-12(3-1)5-6-15(19-14)17-10-9-16-11-13-7-8-18-20-13/h1-8,16H,9-11H2,(H,17,19)(H,18,20). The molecule has 1 aromatic carbocycles. The molecule has 0 radical (unpaired) electrons. The van der Waals surface area contributed by atoms with Gasteiger partial charge in [0.2, 0.25) is 0 Å². The van der Waals surface area contributed by atoms with Gasteiger partial charge in [0.1, 0.15) is 5.82 Å². The van der Waals surface area contributed by atoms with Crippen LogP contribution in [-0.4, -0.2) is 28.3 Å². The number of aromatic nitrogens is 3. The summed E-state index contributed by atoms with van der Waals surface area (Å²) in [6, 6.07) is 14.2. The third-order valence-corrected chi connectivity index (χ3v) is 3.08. The van der Waals surface area contributed by atoms with Gasteiger partial charge >= 0.3 is 0 Å². The lowest BCUT2D eigenvalue weighted by atomic mass is 10.2. The van der Waals surface area contributed by atoms with Crippen LogP contribution in [0.3, 0.4) is 0 Å². The number of rotatable bonds is 6. The number of fused-ring (bicyclic) bond motifs is 1. The van der Waals surface area contributed by atoms with Crippen molar-refractivity contribution in [3.05, 3.63) is 54.4 Å². The summed E-state index contributed by atoms with van der Waals surface area (Å²) in [5.41, 5.74) is 2.11. The van der Waals surface area contributed by atoms with Gasteiger partial charge in [0.05, 0.1) is 5.52 Å². The minimum Gasteiger partial charge on any atom is -0.369 e. The Kier molecular flexibility index (Phi) is 3.89. The van der Waals surface area contributed by atoms with E-state index >= 15 is 0 Å². The Hall–Kier alpha value is -2.40. The van der Waals surface area contributed by atoms with Crippen LogP contribution in [0.25, 0.3) is 10.9 Å². The fourth-order valence-corrected chi connectivity index (χ4v) is 2.05. The maximum absolute atomic E-state index is 4.57. The molecular formula is C15H17N5. The fourth-order valence-electron chi connectivity index (χ4n) is 2.05. The zero-order valence-corrected chi connectivity index (χ0v) is 11.1. The highest BCUT2D eigenvalue weighted by Gasteiger charge is 1.97. The van der Waals surface area contributed by atoms with Crippen LogP contribution in [0.4, 0.5) is 5.82 Å². The van der Waals surface area contributed by atoms with Crippen LogP contribution in [0.5, 0.6) is 0 Å². The molecule has 0 bridgehead atoms. The molecule has 2 aromatic heterocycles. The van der Waals surface area contributed by atoms with E-state index in [2.05, 4.69) is 37.9 Å². The zero-order chi connectivity index (χ0) is 13.6. The smallest absolute Gasteiger partial charge is 0.126 e. The van der Waals surface area contributed by atoms with Crippen LogP contribution in [0.15, 0.2) is 48.7 Å². The van der Waals surface area contributed by atoms with Crippen molar-refractivity contribution in [2.45, 2.75) is 6.54 Å². The quantitative estimate of drug-likeness (QED) is 0.599. The summed E-state index contributed by atoms with van der Waals surface area (Å²) in [4.78, 5) is 4.57. The Morgan fingerprint density at radius 2 is 1.95 bits per heavy atom. The molecule has 3 rings (SSSR count). The summed E-state index contributed by atoms with van der Waals surface area (Å²) in [6.07, 6.45) is 1.76. The predicted molar refractivity (Wildman–Crippen MR) is 80.5 cm³/mol. The molecule has 5 heteroatoms. The topological polar surface area (TPSA) is 65.6 Å². The van der Waals surface area contributed by atoms with Crippen LogP contribution in [0.2, 0.25) is 0 Å². The van der Waals surface area contributed by atoms with E-state index in [1.807, 2.05) is 30.3 Å². The molecule has 2 heterocycles. The van der Waals surface area contributed by atoms with Gasteiger partial charge in [0.15, 0.2) is 0 Å². The molecule has 0 amide bonds. The maximum atomic E-state index is 4.57. The number of hydrogen-bond donors (Lipinski definition) is 3. The van der Waals surface area contributed by atoms with E-state index in [9.17, 15) is 0 Å². The monoisotopic (exact) mass is 267 g/mol. The minimum absolute atomic E-state index is 0.798. The average Bonchev–Trinajstić information content (AvgIpc) is 3.00. The first-order valence-corrected chi connectivity index (χ1v) is 6.70. The number of para-hydroxylation sites is 1. The Balaban J connectivity index is 1.47. The van der Waals surface area contributed by atoms with Gasteiger partial charge in [-0.2, -0.15) is 5.10 Å². The first kappa shape index (κ1) is 12.6. The van der Waals surface area contributed by atoms with Crippen molar-refractivity contribution < 1.29 is 0 Å². The Labute approximate surface area is 117 Å². The summed E-state index contributed by atoms with van der Waals surface area (Å²) in [5, 5.41) is 14.6. The summed E-state index contributed by atoms with van der Waals surface area (Å²) in [7, 11) is 0. The predicted octanol–water partition coefficient (Wildman–Crippen LogP) is 2.16. The highest BCUT2D eigenvalue weighted by Crippen LogP contribution is 2.13. The molecule has 3 aromatic rings. The maximum Gasteiger partial charge on any atom is 0.126 e. The normalized spacial score (nSPS) is 10.8. The summed E-state index contributed by atoms with van der Waals surface area (Å²) >= 11 is 0. The van der Waals surface area contributed by atoms with E-state index in [1.54, 1.807) is 6.20 Å². The van der Waals surface area contributed by atoms with Crippen molar-refractivity contribution in [3.8, 4) is 0 Å². The first-order valence-electron chi connectivity index (χ1n) is 6.70. The van der Waals surface area contributed by atoms with E-state index < -0.39 is 0 Å². The molecule has 3 N–H and O–H groups in total. The van der Waals surface area contributed by atoms with E-state index in [4.69, 9.17) is 0 Å². The molecule has 0 aliphatic carbocycles. The van der Waals surface area contributed by atoms with Gasteiger partial charge in [-0.05, 0) is 24.3 Å². The number of benzene rings is 1. The zero-order valence-electron chi connectivity index (χ0n) is 11.1. The third-order valence-electron chi connectivity index (χ3n) is 3.08. The second-order valence-electron chi connectivity index (χ2n) is 4.57. The minimum atomic E-state index is 0.798. The average molecular weight is 267 g/mol. The van der Waals surface area contributed by atoms with Gasteiger partial charge in [-0.3, -0.25) is 5.10 Å². The van der Waals surface area contributed by atoms with E-state index in [0.29, 0.717) is 0 Å². The SMILES string of the molecule is c1ccc2nc(NCCNCc3ccn[nH]3)ccc2c1.